The van der Waals surface area contributed by atoms with E-state index in [0.717, 1.165) is 32.4 Å². The van der Waals surface area contributed by atoms with E-state index in [1.807, 2.05) is 6.92 Å². The SMILES string of the molecule is CC(O)CCN(C)CCCC(C)(C)C(N)=S. The van der Waals surface area contributed by atoms with Crippen LogP contribution in [-0.2, 0) is 0 Å². The molecule has 16 heavy (non-hydrogen) atoms. The van der Waals surface area contributed by atoms with Gasteiger partial charge in [0.2, 0.25) is 0 Å². The van der Waals surface area contributed by atoms with Crippen LogP contribution in [0, 0.1) is 5.41 Å². The van der Waals surface area contributed by atoms with Gasteiger partial charge in [0, 0.05) is 12.0 Å². The van der Waals surface area contributed by atoms with Crippen LogP contribution in [0.15, 0.2) is 0 Å². The summed E-state index contributed by atoms with van der Waals surface area (Å²) in [6.07, 6.45) is 2.72. The number of rotatable bonds is 8. The molecule has 0 aliphatic carbocycles. The Bertz CT molecular complexity index is 217. The second kappa shape index (κ2) is 7.20. The Kier molecular flexibility index (Phi) is 7.11. The van der Waals surface area contributed by atoms with Crippen LogP contribution in [0.4, 0.5) is 0 Å². The first-order valence-electron chi connectivity index (χ1n) is 5.92. The van der Waals surface area contributed by atoms with Crippen molar-refractivity contribution < 1.29 is 5.11 Å². The molecule has 0 fully saturated rings. The molecule has 0 saturated carbocycles. The molecule has 0 bridgehead atoms. The predicted octanol–water partition coefficient (Wildman–Crippen LogP) is 1.78. The van der Waals surface area contributed by atoms with Gasteiger partial charge < -0.3 is 15.7 Å². The van der Waals surface area contributed by atoms with Gasteiger partial charge in [0.25, 0.3) is 0 Å². The summed E-state index contributed by atoms with van der Waals surface area (Å²) in [6, 6.07) is 0. The zero-order valence-corrected chi connectivity index (χ0v) is 11.8. The first-order chi connectivity index (χ1) is 7.25. The van der Waals surface area contributed by atoms with Crippen molar-refractivity contribution in [3.63, 3.8) is 0 Å². The number of nitrogens with zero attached hydrogens (tertiary/aromatic N) is 1. The summed E-state index contributed by atoms with van der Waals surface area (Å²) in [6.45, 7) is 7.96. The zero-order chi connectivity index (χ0) is 12.8. The van der Waals surface area contributed by atoms with Crippen molar-refractivity contribution in [3.8, 4) is 0 Å². The van der Waals surface area contributed by atoms with Gasteiger partial charge in [-0.2, -0.15) is 0 Å². The van der Waals surface area contributed by atoms with E-state index in [1.165, 1.54) is 0 Å². The third kappa shape index (κ3) is 7.14. The smallest absolute Gasteiger partial charge is 0.0784 e. The third-order valence-electron chi connectivity index (χ3n) is 2.94. The molecule has 0 heterocycles. The average Bonchev–Trinajstić information content (AvgIpc) is 2.14. The molecule has 0 spiro atoms. The lowest BCUT2D eigenvalue weighted by Crippen LogP contribution is -2.31. The van der Waals surface area contributed by atoms with E-state index in [-0.39, 0.29) is 11.5 Å². The minimum atomic E-state index is -0.212. The normalized spacial score (nSPS) is 14.1. The Labute approximate surface area is 105 Å². The molecule has 0 aliphatic heterocycles. The van der Waals surface area contributed by atoms with Crippen molar-refractivity contribution in [2.24, 2.45) is 11.1 Å². The van der Waals surface area contributed by atoms with E-state index in [2.05, 4.69) is 25.8 Å². The minimum Gasteiger partial charge on any atom is -0.393 e. The molecule has 0 rings (SSSR count). The fourth-order valence-electron chi connectivity index (χ4n) is 1.43. The van der Waals surface area contributed by atoms with Crippen LogP contribution >= 0.6 is 12.2 Å². The van der Waals surface area contributed by atoms with E-state index in [9.17, 15) is 0 Å². The highest BCUT2D eigenvalue weighted by molar-refractivity contribution is 7.80. The van der Waals surface area contributed by atoms with E-state index in [4.69, 9.17) is 23.1 Å². The Hall–Kier alpha value is -0.190. The van der Waals surface area contributed by atoms with Crippen LogP contribution in [0.25, 0.3) is 0 Å². The number of hydrogen-bond donors (Lipinski definition) is 2. The predicted molar refractivity (Wildman–Crippen MR) is 73.6 cm³/mol. The lowest BCUT2D eigenvalue weighted by atomic mass is 9.88. The molecule has 1 unspecified atom stereocenters. The summed E-state index contributed by atoms with van der Waals surface area (Å²) in [7, 11) is 2.08. The lowest BCUT2D eigenvalue weighted by molar-refractivity contribution is 0.163. The minimum absolute atomic E-state index is 0.0412. The second-order valence-electron chi connectivity index (χ2n) is 5.29. The summed E-state index contributed by atoms with van der Waals surface area (Å²) in [5, 5.41) is 9.17. The second-order valence-corrected chi connectivity index (χ2v) is 5.73. The summed E-state index contributed by atoms with van der Waals surface area (Å²) >= 11 is 5.03. The summed E-state index contributed by atoms with van der Waals surface area (Å²) in [5.74, 6) is 0. The van der Waals surface area contributed by atoms with E-state index in [0.29, 0.717) is 4.99 Å². The highest BCUT2D eigenvalue weighted by Crippen LogP contribution is 2.22. The van der Waals surface area contributed by atoms with Crippen LogP contribution in [0.1, 0.15) is 40.0 Å². The van der Waals surface area contributed by atoms with Crippen LogP contribution in [-0.4, -0.2) is 41.2 Å². The summed E-state index contributed by atoms with van der Waals surface area (Å²) in [4.78, 5) is 2.83. The zero-order valence-electron chi connectivity index (χ0n) is 11.0. The molecule has 0 amide bonds. The first kappa shape index (κ1) is 15.8. The molecule has 0 saturated heterocycles. The van der Waals surface area contributed by atoms with Crippen LogP contribution in [0.5, 0.6) is 0 Å². The van der Waals surface area contributed by atoms with E-state index >= 15 is 0 Å². The summed E-state index contributed by atoms with van der Waals surface area (Å²) < 4.78 is 0. The average molecular weight is 246 g/mol. The third-order valence-corrected chi connectivity index (χ3v) is 3.49. The molecule has 0 aromatic carbocycles. The van der Waals surface area contributed by atoms with Crippen molar-refractivity contribution in [1.82, 2.24) is 4.90 Å². The van der Waals surface area contributed by atoms with E-state index in [1.54, 1.807) is 0 Å². The van der Waals surface area contributed by atoms with Gasteiger partial charge >= 0.3 is 0 Å². The molecule has 0 aliphatic rings. The molecule has 4 heteroatoms. The topological polar surface area (TPSA) is 49.5 Å². The number of thiocarbonyl (C=S) groups is 1. The van der Waals surface area contributed by atoms with Gasteiger partial charge in [0.05, 0.1) is 11.1 Å². The van der Waals surface area contributed by atoms with Crippen molar-refractivity contribution in [1.29, 1.82) is 0 Å². The number of nitrogens with two attached hydrogens (primary N) is 1. The molecule has 3 N–H and O–H groups in total. The van der Waals surface area contributed by atoms with Crippen molar-refractivity contribution in [3.05, 3.63) is 0 Å². The highest BCUT2D eigenvalue weighted by atomic mass is 32.1. The number of aliphatic hydroxyl groups excluding tert-OH is 1. The quantitative estimate of drug-likeness (QED) is 0.641. The first-order valence-corrected chi connectivity index (χ1v) is 6.33. The lowest BCUT2D eigenvalue weighted by Gasteiger charge is -2.24. The van der Waals surface area contributed by atoms with Gasteiger partial charge in [-0.15, -0.1) is 0 Å². The molecular weight excluding hydrogens is 220 g/mol. The van der Waals surface area contributed by atoms with Crippen molar-refractivity contribution >= 4 is 17.2 Å². The van der Waals surface area contributed by atoms with Gasteiger partial charge in [0.15, 0.2) is 0 Å². The van der Waals surface area contributed by atoms with Crippen molar-refractivity contribution in [2.45, 2.75) is 46.1 Å². The van der Waals surface area contributed by atoms with E-state index < -0.39 is 0 Å². The monoisotopic (exact) mass is 246 g/mol. The fourth-order valence-corrected chi connectivity index (χ4v) is 1.54. The molecule has 1 atom stereocenters. The molecule has 96 valence electrons. The Morgan fingerprint density at radius 1 is 1.44 bits per heavy atom. The maximum Gasteiger partial charge on any atom is 0.0784 e. The Morgan fingerprint density at radius 3 is 2.44 bits per heavy atom. The number of hydrogen-bond acceptors (Lipinski definition) is 3. The largest absolute Gasteiger partial charge is 0.393 e. The van der Waals surface area contributed by atoms with Crippen LogP contribution < -0.4 is 5.73 Å². The molecule has 0 radical (unpaired) electrons. The maximum atomic E-state index is 9.17. The van der Waals surface area contributed by atoms with Crippen LogP contribution in [0.2, 0.25) is 0 Å². The standard InChI is InChI=1S/C12H26N2OS/c1-10(15)6-9-14(4)8-5-7-12(2,3)11(13)16/h10,15H,5-9H2,1-4H3,(H2,13,16). The summed E-state index contributed by atoms with van der Waals surface area (Å²) in [5.41, 5.74) is 5.63. The van der Waals surface area contributed by atoms with Crippen molar-refractivity contribution in [2.75, 3.05) is 20.1 Å². The van der Waals surface area contributed by atoms with Gasteiger partial charge in [0.1, 0.15) is 0 Å². The fraction of sp³-hybridized carbons (Fsp3) is 0.917. The van der Waals surface area contributed by atoms with Gasteiger partial charge in [-0.3, -0.25) is 0 Å². The molecule has 3 nitrogen and oxygen atoms in total. The molecular formula is C12H26N2OS. The van der Waals surface area contributed by atoms with Gasteiger partial charge in [-0.25, -0.2) is 0 Å². The molecule has 0 aromatic rings. The Balaban J connectivity index is 3.69. The maximum absolute atomic E-state index is 9.17. The van der Waals surface area contributed by atoms with Gasteiger partial charge in [-0.05, 0) is 39.8 Å². The highest BCUT2D eigenvalue weighted by Gasteiger charge is 2.20. The number of aliphatic hydroxyl groups is 1. The molecule has 0 aromatic heterocycles. The van der Waals surface area contributed by atoms with Gasteiger partial charge in [-0.1, -0.05) is 26.1 Å². The van der Waals surface area contributed by atoms with Crippen LogP contribution in [0.3, 0.4) is 0 Å². The Morgan fingerprint density at radius 2 is 2.00 bits per heavy atom.